The molecule has 0 spiro atoms. The molecular weight excluding hydrogens is 330 g/mol. The van der Waals surface area contributed by atoms with Crippen LogP contribution in [0.4, 0.5) is 0 Å². The van der Waals surface area contributed by atoms with Gasteiger partial charge in [-0.05, 0) is 20.8 Å². The largest absolute Gasteiger partial charge is 0.507 e. The van der Waals surface area contributed by atoms with Crippen LogP contribution in [0.2, 0.25) is 0 Å². The lowest BCUT2D eigenvalue weighted by Gasteiger charge is -2.25. The molecule has 0 fully saturated rings. The predicted octanol–water partition coefficient (Wildman–Crippen LogP) is -0.333. The number of aromatic hydroxyl groups is 1. The Morgan fingerprint density at radius 3 is 2.56 bits per heavy atom. The minimum Gasteiger partial charge on any atom is -0.507 e. The van der Waals surface area contributed by atoms with Crippen LogP contribution in [-0.4, -0.2) is 52.0 Å². The Kier molecular flexibility index (Phi) is 4.87. The van der Waals surface area contributed by atoms with Crippen LogP contribution in [0.3, 0.4) is 0 Å². The van der Waals surface area contributed by atoms with Crippen LogP contribution in [0.15, 0.2) is 4.79 Å². The quantitative estimate of drug-likeness (QED) is 0.640. The number of H-pyrrole nitrogens is 1. The zero-order valence-electron chi connectivity index (χ0n) is 14.6. The average Bonchev–Trinajstić information content (AvgIpc) is 2.46. The normalized spacial score (nSPS) is 14.1. The second kappa shape index (κ2) is 6.58. The van der Waals surface area contributed by atoms with Crippen molar-refractivity contribution in [1.29, 1.82) is 0 Å². The lowest BCUT2D eigenvalue weighted by molar-refractivity contribution is -0.153. The molecule has 9 heteroatoms. The molecule has 0 atom stereocenters. The number of likely N-dealkylation sites (N-methyl/N-ethyl adjacent to an activating group) is 1. The van der Waals surface area contributed by atoms with E-state index in [1.807, 2.05) is 0 Å². The summed E-state index contributed by atoms with van der Waals surface area (Å²) in [6.45, 7) is 4.73. The van der Waals surface area contributed by atoms with Crippen LogP contribution < -0.4 is 10.9 Å². The van der Waals surface area contributed by atoms with Gasteiger partial charge in [0.25, 0.3) is 11.5 Å². The number of pyridine rings is 1. The summed E-state index contributed by atoms with van der Waals surface area (Å²) in [5, 5.41) is 12.5. The highest BCUT2D eigenvalue weighted by atomic mass is 16.6. The minimum absolute atomic E-state index is 0.124. The zero-order valence-corrected chi connectivity index (χ0v) is 14.6. The maximum Gasteiger partial charge on any atom is 0.325 e. The van der Waals surface area contributed by atoms with Crippen molar-refractivity contribution in [3.05, 3.63) is 27.2 Å². The van der Waals surface area contributed by atoms with Crippen molar-refractivity contribution < 1.29 is 24.2 Å². The van der Waals surface area contributed by atoms with Gasteiger partial charge in [0.1, 0.15) is 23.5 Å². The summed E-state index contributed by atoms with van der Waals surface area (Å²) in [4.78, 5) is 51.6. The molecule has 0 unspecified atom stereocenters. The van der Waals surface area contributed by atoms with Crippen molar-refractivity contribution in [2.45, 2.75) is 39.3 Å². The maximum absolute atomic E-state index is 12.2. The predicted molar refractivity (Wildman–Crippen MR) is 87.1 cm³/mol. The highest BCUT2D eigenvalue weighted by Crippen LogP contribution is 2.27. The Morgan fingerprint density at radius 2 is 1.96 bits per heavy atom. The Balaban J connectivity index is 2.21. The summed E-state index contributed by atoms with van der Waals surface area (Å²) in [7, 11) is 1.57. The molecule has 0 radical (unpaired) electrons. The van der Waals surface area contributed by atoms with Gasteiger partial charge in [0.15, 0.2) is 0 Å². The smallest absolute Gasteiger partial charge is 0.325 e. The molecule has 0 aliphatic carbocycles. The second-order valence-electron chi connectivity index (χ2n) is 6.83. The van der Waals surface area contributed by atoms with Crippen molar-refractivity contribution in [3.63, 3.8) is 0 Å². The van der Waals surface area contributed by atoms with Crippen molar-refractivity contribution in [2.75, 3.05) is 13.6 Å². The Morgan fingerprint density at radius 1 is 1.32 bits per heavy atom. The molecule has 0 saturated heterocycles. The third-order valence-corrected chi connectivity index (χ3v) is 3.57. The zero-order chi connectivity index (χ0) is 18.9. The maximum atomic E-state index is 12.2. The van der Waals surface area contributed by atoms with E-state index in [-0.39, 0.29) is 24.4 Å². The van der Waals surface area contributed by atoms with E-state index >= 15 is 0 Å². The van der Waals surface area contributed by atoms with Gasteiger partial charge in [-0.3, -0.25) is 19.2 Å². The van der Waals surface area contributed by atoms with Crippen LogP contribution >= 0.6 is 0 Å². The number of rotatable bonds is 3. The number of aromatic nitrogens is 1. The number of nitrogens with one attached hydrogen (secondary N) is 2. The van der Waals surface area contributed by atoms with Gasteiger partial charge in [-0.1, -0.05) is 0 Å². The van der Waals surface area contributed by atoms with Gasteiger partial charge < -0.3 is 25.0 Å². The lowest BCUT2D eigenvalue weighted by atomic mass is 10.0. The number of aromatic amines is 1. The summed E-state index contributed by atoms with van der Waals surface area (Å²) in [5.41, 5.74) is -1.43. The molecular formula is C16H21N3O6. The number of nitrogens with zero attached hydrogens (tertiary/aromatic N) is 1. The number of ether oxygens (including phenoxy) is 1. The Labute approximate surface area is 144 Å². The summed E-state index contributed by atoms with van der Waals surface area (Å²) >= 11 is 0. The van der Waals surface area contributed by atoms with E-state index < -0.39 is 40.9 Å². The van der Waals surface area contributed by atoms with Gasteiger partial charge >= 0.3 is 5.97 Å². The lowest BCUT2D eigenvalue weighted by Crippen LogP contribution is -2.39. The number of carbonyl (C=O) groups excluding carboxylic acids is 3. The van der Waals surface area contributed by atoms with E-state index in [0.717, 1.165) is 0 Å². The van der Waals surface area contributed by atoms with E-state index in [1.54, 1.807) is 27.8 Å². The Bertz CT molecular complexity index is 790. The molecule has 1 aromatic heterocycles. The summed E-state index contributed by atoms with van der Waals surface area (Å²) < 4.78 is 5.05. The van der Waals surface area contributed by atoms with Crippen LogP contribution in [0, 0.1) is 0 Å². The molecule has 9 nitrogen and oxygen atoms in total. The van der Waals surface area contributed by atoms with Gasteiger partial charge in [0.2, 0.25) is 5.91 Å². The van der Waals surface area contributed by atoms with E-state index in [2.05, 4.69) is 10.3 Å². The van der Waals surface area contributed by atoms with Crippen LogP contribution in [-0.2, 0) is 27.3 Å². The number of fused-ring (bicyclic) bond motifs is 1. The molecule has 3 N–H and O–H groups in total. The van der Waals surface area contributed by atoms with Crippen molar-refractivity contribution >= 4 is 17.8 Å². The third kappa shape index (κ3) is 4.17. The highest BCUT2D eigenvalue weighted by Gasteiger charge is 2.29. The van der Waals surface area contributed by atoms with E-state index in [0.29, 0.717) is 5.69 Å². The number of esters is 1. The highest BCUT2D eigenvalue weighted by molar-refractivity contribution is 5.99. The summed E-state index contributed by atoms with van der Waals surface area (Å²) in [6, 6.07) is 0. The molecule has 2 heterocycles. The molecule has 0 aromatic carbocycles. The summed E-state index contributed by atoms with van der Waals surface area (Å²) in [6.07, 6.45) is -0.124. The minimum atomic E-state index is -0.918. The second-order valence-corrected chi connectivity index (χ2v) is 6.83. The van der Waals surface area contributed by atoms with Crippen LogP contribution in [0.1, 0.15) is 42.4 Å². The van der Waals surface area contributed by atoms with Gasteiger partial charge in [0.05, 0.1) is 13.0 Å². The number of hydrogen-bond acceptors (Lipinski definition) is 6. The van der Waals surface area contributed by atoms with Crippen LogP contribution in [0.25, 0.3) is 0 Å². The topological polar surface area (TPSA) is 129 Å². The SMILES string of the molecule is CN1Cc2[nH]c(=O)c(C(=O)NCC(=O)OC(C)(C)C)c(O)c2CC1=O. The number of amides is 2. The molecule has 0 bridgehead atoms. The first-order valence-electron chi connectivity index (χ1n) is 7.70. The van der Waals surface area contributed by atoms with Crippen LogP contribution in [0.5, 0.6) is 5.75 Å². The fourth-order valence-corrected chi connectivity index (χ4v) is 2.44. The Hall–Kier alpha value is -2.84. The van der Waals surface area contributed by atoms with E-state index in [1.165, 1.54) is 4.90 Å². The molecule has 1 aromatic rings. The molecule has 2 amide bonds. The van der Waals surface area contributed by atoms with E-state index in [4.69, 9.17) is 4.74 Å². The summed E-state index contributed by atoms with van der Waals surface area (Å²) in [5.74, 6) is -2.37. The first-order chi connectivity index (χ1) is 11.5. The van der Waals surface area contributed by atoms with Gasteiger partial charge in [-0.2, -0.15) is 0 Å². The molecule has 2 rings (SSSR count). The van der Waals surface area contributed by atoms with Gasteiger partial charge in [-0.25, -0.2) is 0 Å². The standard InChI is InChI=1S/C16H21N3O6/c1-16(2,3)25-11(21)6-17-14(23)12-13(22)8-5-10(20)19(4)7-9(8)18-15(12)24/h5-7H2,1-4H3,(H,17,23)(H2,18,22,24). The van der Waals surface area contributed by atoms with Crippen molar-refractivity contribution in [2.24, 2.45) is 0 Å². The first kappa shape index (κ1) is 18.5. The molecule has 1 aliphatic rings. The van der Waals surface area contributed by atoms with Gasteiger partial charge in [0, 0.05) is 18.3 Å². The number of hydrogen-bond donors (Lipinski definition) is 3. The van der Waals surface area contributed by atoms with Crippen molar-refractivity contribution in [3.8, 4) is 5.75 Å². The average molecular weight is 351 g/mol. The molecule has 136 valence electrons. The number of carbonyl (C=O) groups is 3. The monoisotopic (exact) mass is 351 g/mol. The molecule has 0 saturated carbocycles. The van der Waals surface area contributed by atoms with Crippen molar-refractivity contribution in [1.82, 2.24) is 15.2 Å². The molecule has 1 aliphatic heterocycles. The fraction of sp³-hybridized carbons (Fsp3) is 0.500. The van der Waals surface area contributed by atoms with E-state index in [9.17, 15) is 24.3 Å². The molecule has 25 heavy (non-hydrogen) atoms. The third-order valence-electron chi connectivity index (χ3n) is 3.57. The first-order valence-corrected chi connectivity index (χ1v) is 7.70. The van der Waals surface area contributed by atoms with Gasteiger partial charge in [-0.15, -0.1) is 0 Å². The fourth-order valence-electron chi connectivity index (χ4n) is 2.44.